The van der Waals surface area contributed by atoms with Gasteiger partial charge >= 0.3 is 0 Å². The lowest BCUT2D eigenvalue weighted by molar-refractivity contribution is 0.0797. The maximum absolute atomic E-state index is 12.7. The number of fused-ring (bicyclic) bond motifs is 1. The summed E-state index contributed by atoms with van der Waals surface area (Å²) in [7, 11) is 0. The molecule has 1 aromatic heterocycles. The van der Waals surface area contributed by atoms with Crippen molar-refractivity contribution < 1.29 is 15.0 Å². The van der Waals surface area contributed by atoms with Gasteiger partial charge in [-0.05, 0) is 73.0 Å². The molecule has 2 aliphatic rings. The summed E-state index contributed by atoms with van der Waals surface area (Å²) in [6.07, 6.45) is 4.07. The van der Waals surface area contributed by atoms with Crippen LogP contribution in [0.15, 0.2) is 54.7 Å². The largest absolute Gasteiger partial charge is 0.504 e. The number of allylic oxidation sites excluding steroid dienone is 1. The van der Waals surface area contributed by atoms with Crippen molar-refractivity contribution in [3.8, 4) is 11.5 Å². The van der Waals surface area contributed by atoms with Gasteiger partial charge in [0.1, 0.15) is 0 Å². The van der Waals surface area contributed by atoms with Gasteiger partial charge in [-0.3, -0.25) is 4.79 Å². The van der Waals surface area contributed by atoms with Crippen LogP contribution in [0.3, 0.4) is 0 Å². The number of hydrogen-bond acceptors (Lipinski definition) is 5. The predicted octanol–water partition coefficient (Wildman–Crippen LogP) is 5.21. The Morgan fingerprint density at radius 2 is 1.80 bits per heavy atom. The molecule has 154 valence electrons. The first-order valence-corrected chi connectivity index (χ1v) is 11.1. The Morgan fingerprint density at radius 1 is 1.03 bits per heavy atom. The average Bonchev–Trinajstić information content (AvgIpc) is 3.17. The second kappa shape index (κ2) is 7.06. The maximum atomic E-state index is 12.7. The third-order valence-electron chi connectivity index (χ3n) is 6.27. The number of benzene rings is 2. The van der Waals surface area contributed by atoms with Crippen LogP contribution in [0.1, 0.15) is 40.9 Å². The van der Waals surface area contributed by atoms with E-state index in [4.69, 9.17) is 0 Å². The lowest BCUT2D eigenvalue weighted by Gasteiger charge is -2.21. The van der Waals surface area contributed by atoms with E-state index in [1.807, 2.05) is 29.2 Å². The van der Waals surface area contributed by atoms with Crippen molar-refractivity contribution in [1.29, 1.82) is 0 Å². The summed E-state index contributed by atoms with van der Waals surface area (Å²) in [6.45, 7) is 5.98. The van der Waals surface area contributed by atoms with Gasteiger partial charge in [0.2, 0.25) is 0 Å². The summed E-state index contributed by atoms with van der Waals surface area (Å²) < 4.78 is 1.10. The quantitative estimate of drug-likeness (QED) is 0.496. The fourth-order valence-electron chi connectivity index (χ4n) is 4.31. The van der Waals surface area contributed by atoms with Crippen LogP contribution in [0.25, 0.3) is 10.1 Å². The highest BCUT2D eigenvalue weighted by Gasteiger charge is 2.47. The number of hydrogen-bond donors (Lipinski definition) is 3. The highest BCUT2D eigenvalue weighted by atomic mass is 32.1. The lowest BCUT2D eigenvalue weighted by Crippen LogP contribution is -2.26. The predicted molar refractivity (Wildman–Crippen MR) is 120 cm³/mol. The van der Waals surface area contributed by atoms with Gasteiger partial charge in [-0.1, -0.05) is 12.6 Å². The van der Waals surface area contributed by atoms with Gasteiger partial charge in [-0.25, -0.2) is 0 Å². The van der Waals surface area contributed by atoms with Crippen LogP contribution in [0.2, 0.25) is 0 Å². The average molecular weight is 421 g/mol. The summed E-state index contributed by atoms with van der Waals surface area (Å²) in [5, 5.41) is 24.0. The minimum absolute atomic E-state index is 0.110. The number of rotatable bonds is 5. The molecule has 2 heterocycles. The fourth-order valence-corrected chi connectivity index (χ4v) is 5.32. The van der Waals surface area contributed by atoms with E-state index in [0.29, 0.717) is 0 Å². The number of anilines is 1. The zero-order chi connectivity index (χ0) is 20.9. The van der Waals surface area contributed by atoms with Gasteiger partial charge in [0.05, 0.1) is 4.88 Å². The van der Waals surface area contributed by atoms with E-state index >= 15 is 0 Å². The van der Waals surface area contributed by atoms with E-state index in [0.717, 1.165) is 70.7 Å². The molecule has 5 nitrogen and oxygen atoms in total. The topological polar surface area (TPSA) is 72.8 Å². The highest BCUT2D eigenvalue weighted by Crippen LogP contribution is 2.54. The number of aromatic hydroxyl groups is 2. The smallest absolute Gasteiger partial charge is 0.263 e. The number of likely N-dealkylation sites (tertiary alicyclic amines) is 1. The van der Waals surface area contributed by atoms with Gasteiger partial charge in [0, 0.05) is 34.6 Å². The molecule has 1 saturated carbocycles. The van der Waals surface area contributed by atoms with Crippen LogP contribution in [0, 0.1) is 0 Å². The van der Waals surface area contributed by atoms with Crippen LogP contribution in [-0.4, -0.2) is 34.1 Å². The second-order valence-corrected chi connectivity index (χ2v) is 9.34. The zero-order valence-electron chi connectivity index (χ0n) is 16.6. The van der Waals surface area contributed by atoms with Crippen LogP contribution in [0.5, 0.6) is 11.5 Å². The van der Waals surface area contributed by atoms with Gasteiger partial charge < -0.3 is 20.4 Å². The summed E-state index contributed by atoms with van der Waals surface area (Å²) in [5.41, 5.74) is 2.52. The Hall–Kier alpha value is -2.99. The second-order valence-electron chi connectivity index (χ2n) is 8.25. The van der Waals surface area contributed by atoms with E-state index in [9.17, 15) is 15.0 Å². The number of nitrogens with zero attached hydrogens (tertiary/aromatic N) is 1. The molecule has 0 radical (unpaired) electrons. The third kappa shape index (κ3) is 3.21. The summed E-state index contributed by atoms with van der Waals surface area (Å²) >= 11 is 1.54. The minimum atomic E-state index is -0.230. The summed E-state index contributed by atoms with van der Waals surface area (Å²) in [5.74, 6) is -0.0894. The van der Waals surface area contributed by atoms with Crippen molar-refractivity contribution in [3.05, 3.63) is 65.2 Å². The molecule has 5 rings (SSSR count). The molecule has 30 heavy (non-hydrogen) atoms. The van der Waals surface area contributed by atoms with Crippen molar-refractivity contribution in [2.45, 2.75) is 31.1 Å². The molecule has 2 fully saturated rings. The monoisotopic (exact) mass is 420 g/mol. The molecule has 3 N–H and O–H groups in total. The normalized spacial score (nSPS) is 17.3. The SMILES string of the molecule is C=C(Nc1ccc2sc(C(=O)N3CCCC3)cc2c1)C1(c2ccc(O)c(O)c2)CC1. The van der Waals surface area contributed by atoms with E-state index < -0.39 is 0 Å². The van der Waals surface area contributed by atoms with Gasteiger partial charge in [0.15, 0.2) is 11.5 Å². The minimum Gasteiger partial charge on any atom is -0.504 e. The molecule has 6 heteroatoms. The molecule has 0 atom stereocenters. The van der Waals surface area contributed by atoms with Gasteiger partial charge in [0.25, 0.3) is 5.91 Å². The molecule has 2 aromatic carbocycles. The molecule has 1 aliphatic carbocycles. The first kappa shape index (κ1) is 19.0. The molecular formula is C24H24N2O3S. The molecule has 1 saturated heterocycles. The van der Waals surface area contributed by atoms with E-state index in [1.54, 1.807) is 17.4 Å². The van der Waals surface area contributed by atoms with Crippen molar-refractivity contribution in [2.75, 3.05) is 18.4 Å². The standard InChI is InChI=1S/C24H24N2O3S/c1-15(24(8-9-24)17-4-6-19(27)20(28)14-17)25-18-5-7-21-16(12-18)13-22(30-21)23(29)26-10-2-3-11-26/h4-7,12-14,25,27-28H,1-3,8-11H2. The summed E-state index contributed by atoms with van der Waals surface area (Å²) in [4.78, 5) is 15.4. The molecule has 0 bridgehead atoms. The molecule has 0 spiro atoms. The molecular weight excluding hydrogens is 396 g/mol. The van der Waals surface area contributed by atoms with Crippen LogP contribution >= 0.6 is 11.3 Å². The van der Waals surface area contributed by atoms with Crippen LogP contribution < -0.4 is 5.32 Å². The van der Waals surface area contributed by atoms with Crippen molar-refractivity contribution >= 4 is 33.0 Å². The summed E-state index contributed by atoms with van der Waals surface area (Å²) in [6, 6.07) is 13.1. The Kier molecular flexibility index (Phi) is 4.47. The first-order chi connectivity index (χ1) is 14.5. The Bertz CT molecular complexity index is 1160. The molecule has 1 amide bonds. The van der Waals surface area contributed by atoms with E-state index in [1.165, 1.54) is 6.07 Å². The molecule has 0 unspecified atom stereocenters. The first-order valence-electron chi connectivity index (χ1n) is 10.3. The van der Waals surface area contributed by atoms with E-state index in [-0.39, 0.29) is 22.8 Å². The van der Waals surface area contributed by atoms with Crippen LogP contribution in [-0.2, 0) is 5.41 Å². The number of carbonyl (C=O) groups is 1. The van der Waals surface area contributed by atoms with Crippen molar-refractivity contribution in [2.24, 2.45) is 0 Å². The zero-order valence-corrected chi connectivity index (χ0v) is 17.5. The molecule has 1 aliphatic heterocycles. The maximum Gasteiger partial charge on any atom is 0.263 e. The number of nitrogens with one attached hydrogen (secondary N) is 1. The lowest BCUT2D eigenvalue weighted by atomic mass is 9.92. The number of thiophene rings is 1. The van der Waals surface area contributed by atoms with Crippen LogP contribution in [0.4, 0.5) is 5.69 Å². The number of phenolic OH excluding ortho intramolecular Hbond substituents is 2. The molecule has 3 aromatic rings. The third-order valence-corrected chi connectivity index (χ3v) is 7.38. The Labute approximate surface area is 179 Å². The fraction of sp³-hybridized carbons (Fsp3) is 0.292. The van der Waals surface area contributed by atoms with E-state index in [2.05, 4.69) is 18.0 Å². The van der Waals surface area contributed by atoms with Gasteiger partial charge in [-0.2, -0.15) is 0 Å². The Morgan fingerprint density at radius 3 is 2.50 bits per heavy atom. The number of phenols is 2. The highest BCUT2D eigenvalue weighted by molar-refractivity contribution is 7.20. The Balaban J connectivity index is 1.36. The van der Waals surface area contributed by atoms with Gasteiger partial charge in [-0.15, -0.1) is 11.3 Å². The number of carbonyl (C=O) groups excluding carboxylic acids is 1. The van der Waals surface area contributed by atoms with Crippen molar-refractivity contribution in [1.82, 2.24) is 4.90 Å². The van der Waals surface area contributed by atoms with Crippen molar-refractivity contribution in [3.63, 3.8) is 0 Å². The number of amides is 1.